The molecule has 4 nitrogen and oxygen atoms in total. The van der Waals surface area contributed by atoms with Gasteiger partial charge in [0.2, 0.25) is 5.91 Å². The molecule has 2 rings (SSSR count). The lowest BCUT2D eigenvalue weighted by Crippen LogP contribution is -2.47. The molecule has 0 bridgehead atoms. The van der Waals surface area contributed by atoms with Gasteiger partial charge in [0.25, 0.3) is 0 Å². The van der Waals surface area contributed by atoms with E-state index in [0.29, 0.717) is 38.6 Å². The highest BCUT2D eigenvalue weighted by Crippen LogP contribution is 2.25. The van der Waals surface area contributed by atoms with Crippen LogP contribution in [0.15, 0.2) is 0 Å². The fraction of sp³-hybridized carbons (Fsp3) is 0.875. The van der Waals surface area contributed by atoms with Crippen molar-refractivity contribution in [3.8, 4) is 0 Å². The van der Waals surface area contributed by atoms with Crippen molar-refractivity contribution >= 4 is 13.7 Å². The second-order valence-electron chi connectivity index (χ2n) is 3.49. The summed E-state index contributed by atoms with van der Waals surface area (Å²) in [5.41, 5.74) is 0. The van der Waals surface area contributed by atoms with Gasteiger partial charge in [-0.15, -0.1) is 0 Å². The zero-order valence-corrected chi connectivity index (χ0v) is 8.33. The van der Waals surface area contributed by atoms with E-state index in [1.807, 2.05) is 4.90 Å². The third-order valence-electron chi connectivity index (χ3n) is 2.54. The largest absolute Gasteiger partial charge is 0.380 e. The van der Waals surface area contributed by atoms with Crippen molar-refractivity contribution in [3.05, 3.63) is 0 Å². The molecule has 1 amide bonds. The van der Waals surface area contributed by atoms with Crippen LogP contribution in [0.4, 0.5) is 0 Å². The molecular weight excluding hydrogens is 189 g/mol. The lowest BCUT2D eigenvalue weighted by atomic mass is 10.1. The molecule has 0 unspecified atom stereocenters. The molecule has 2 aliphatic heterocycles. The number of carbonyl (C=O) groups excluding carboxylic acids is 1. The predicted octanol–water partition coefficient (Wildman–Crippen LogP) is 0.302. The normalized spacial score (nSPS) is 24.3. The Labute approximate surface area is 78.0 Å². The Hall–Kier alpha value is -0.470. The smallest absolute Gasteiger partial charge is 0.342 e. The van der Waals surface area contributed by atoms with Gasteiger partial charge in [0.1, 0.15) is 0 Å². The number of ether oxygens (including phenoxy) is 1. The maximum atomic E-state index is 11.6. The van der Waals surface area contributed by atoms with Crippen LogP contribution in [0, 0.1) is 5.92 Å². The summed E-state index contributed by atoms with van der Waals surface area (Å²) in [7, 11) is -1.02. The summed E-state index contributed by atoms with van der Waals surface area (Å²) >= 11 is 0. The third-order valence-corrected chi connectivity index (χ3v) is 3.94. The second kappa shape index (κ2) is 3.72. The molecular formula is C8H13NO3P+. The monoisotopic (exact) mass is 202 g/mol. The van der Waals surface area contributed by atoms with E-state index >= 15 is 0 Å². The first-order chi connectivity index (χ1) is 6.27. The maximum Gasteiger partial charge on any atom is 0.342 e. The molecule has 0 aromatic carbocycles. The van der Waals surface area contributed by atoms with Gasteiger partial charge in [0.15, 0.2) is 12.3 Å². The average Bonchev–Trinajstić information content (AvgIpc) is 2.02. The summed E-state index contributed by atoms with van der Waals surface area (Å²) in [5, 5.41) is 0. The summed E-state index contributed by atoms with van der Waals surface area (Å²) in [6.45, 7) is 2.48. The van der Waals surface area contributed by atoms with Crippen LogP contribution in [0.2, 0.25) is 0 Å². The van der Waals surface area contributed by atoms with Crippen LogP contribution in [-0.4, -0.2) is 49.4 Å². The maximum absolute atomic E-state index is 11.6. The van der Waals surface area contributed by atoms with Crippen LogP contribution in [0.5, 0.6) is 0 Å². The molecule has 2 fully saturated rings. The molecule has 0 atom stereocenters. The molecule has 72 valence electrons. The first-order valence-corrected chi connectivity index (χ1v) is 6.19. The molecule has 0 radical (unpaired) electrons. The highest BCUT2D eigenvalue weighted by Gasteiger charge is 2.34. The number of carbonyl (C=O) groups is 1. The van der Waals surface area contributed by atoms with Crippen LogP contribution in [0.3, 0.4) is 0 Å². The van der Waals surface area contributed by atoms with Crippen molar-refractivity contribution in [2.75, 3.05) is 38.6 Å². The number of hydrogen-bond donors (Lipinski definition) is 0. The van der Waals surface area contributed by atoms with E-state index in [2.05, 4.69) is 0 Å². The van der Waals surface area contributed by atoms with Gasteiger partial charge >= 0.3 is 7.80 Å². The second-order valence-corrected chi connectivity index (χ2v) is 5.35. The molecule has 0 N–H and O–H groups in total. The average molecular weight is 202 g/mol. The number of amides is 1. The van der Waals surface area contributed by atoms with E-state index in [4.69, 9.17) is 4.74 Å². The summed E-state index contributed by atoms with van der Waals surface area (Å²) < 4.78 is 16.0. The molecule has 2 heterocycles. The van der Waals surface area contributed by atoms with E-state index in [-0.39, 0.29) is 11.8 Å². The van der Waals surface area contributed by atoms with Crippen molar-refractivity contribution in [2.45, 2.75) is 0 Å². The van der Waals surface area contributed by atoms with E-state index in [9.17, 15) is 9.36 Å². The van der Waals surface area contributed by atoms with E-state index in [1.54, 1.807) is 0 Å². The number of hydrogen-bond acceptors (Lipinski definition) is 3. The third kappa shape index (κ3) is 1.89. The Balaban J connectivity index is 1.86. The Bertz CT molecular complexity index is 230. The van der Waals surface area contributed by atoms with Gasteiger partial charge in [-0.1, -0.05) is 4.57 Å². The molecule has 0 aromatic heterocycles. The van der Waals surface area contributed by atoms with E-state index in [0.717, 1.165) is 0 Å². The zero-order chi connectivity index (χ0) is 9.26. The molecule has 0 spiro atoms. The highest BCUT2D eigenvalue weighted by atomic mass is 31.1. The van der Waals surface area contributed by atoms with Gasteiger partial charge in [-0.3, -0.25) is 4.79 Å². The molecule has 0 aromatic rings. The Morgan fingerprint density at radius 3 is 2.38 bits per heavy atom. The molecule has 13 heavy (non-hydrogen) atoms. The van der Waals surface area contributed by atoms with Crippen molar-refractivity contribution in [1.82, 2.24) is 4.90 Å². The molecule has 5 heteroatoms. The Kier molecular flexibility index (Phi) is 2.61. The van der Waals surface area contributed by atoms with Crippen molar-refractivity contribution in [3.63, 3.8) is 0 Å². The first kappa shape index (κ1) is 9.10. The topological polar surface area (TPSA) is 46.6 Å². The fourth-order valence-corrected chi connectivity index (χ4v) is 2.70. The SMILES string of the molecule is O=C(C1COC1)N1CC[P+](=O)CC1. The van der Waals surface area contributed by atoms with Gasteiger partial charge in [-0.2, -0.15) is 0 Å². The van der Waals surface area contributed by atoms with Crippen LogP contribution in [0.1, 0.15) is 0 Å². The highest BCUT2D eigenvalue weighted by molar-refractivity contribution is 7.44. The minimum atomic E-state index is -1.02. The van der Waals surface area contributed by atoms with Gasteiger partial charge in [-0.05, 0) is 0 Å². The lowest BCUT2D eigenvalue weighted by Gasteiger charge is -2.31. The Morgan fingerprint density at radius 2 is 1.92 bits per heavy atom. The van der Waals surface area contributed by atoms with E-state index < -0.39 is 7.80 Å². The van der Waals surface area contributed by atoms with Gasteiger partial charge in [0.05, 0.1) is 32.2 Å². The summed E-state index contributed by atoms with van der Waals surface area (Å²) in [4.78, 5) is 13.5. The van der Waals surface area contributed by atoms with Crippen LogP contribution in [0.25, 0.3) is 0 Å². The summed E-state index contributed by atoms with van der Waals surface area (Å²) in [5.74, 6) is 0.269. The van der Waals surface area contributed by atoms with Gasteiger partial charge < -0.3 is 9.64 Å². The summed E-state index contributed by atoms with van der Waals surface area (Å²) in [6, 6.07) is 0. The fourth-order valence-electron chi connectivity index (χ4n) is 1.54. The first-order valence-electron chi connectivity index (χ1n) is 4.56. The minimum absolute atomic E-state index is 0.0796. The predicted molar refractivity (Wildman–Crippen MR) is 48.2 cm³/mol. The van der Waals surface area contributed by atoms with Crippen LogP contribution < -0.4 is 0 Å². The molecule has 2 aliphatic rings. The summed E-state index contributed by atoms with van der Waals surface area (Å²) in [6.07, 6.45) is 1.35. The standard InChI is InChI=1S/C8H13NO3P/c10-8(7-5-12-6-7)9-1-3-13(11)4-2-9/h7H,1-6H2/q+1. The van der Waals surface area contributed by atoms with Crippen molar-refractivity contribution < 1.29 is 14.1 Å². The van der Waals surface area contributed by atoms with Gasteiger partial charge in [0, 0.05) is 0 Å². The van der Waals surface area contributed by atoms with Crippen LogP contribution >= 0.6 is 7.80 Å². The molecule has 0 saturated carbocycles. The number of rotatable bonds is 1. The molecule has 2 saturated heterocycles. The van der Waals surface area contributed by atoms with Crippen LogP contribution in [-0.2, 0) is 14.1 Å². The quantitative estimate of drug-likeness (QED) is 0.574. The molecule has 0 aliphatic carbocycles. The van der Waals surface area contributed by atoms with E-state index in [1.165, 1.54) is 0 Å². The van der Waals surface area contributed by atoms with Crippen molar-refractivity contribution in [2.24, 2.45) is 5.92 Å². The van der Waals surface area contributed by atoms with Crippen molar-refractivity contribution in [1.29, 1.82) is 0 Å². The lowest BCUT2D eigenvalue weighted by molar-refractivity contribution is -0.149. The zero-order valence-electron chi connectivity index (χ0n) is 7.44. The minimum Gasteiger partial charge on any atom is -0.380 e. The van der Waals surface area contributed by atoms with Gasteiger partial charge in [-0.25, -0.2) is 0 Å². The Morgan fingerprint density at radius 1 is 1.31 bits per heavy atom. The number of nitrogens with zero attached hydrogens (tertiary/aromatic N) is 1.